The molecule has 2 rings (SSSR count). The van der Waals surface area contributed by atoms with Gasteiger partial charge in [-0.2, -0.15) is 5.26 Å². The number of aromatic nitrogens is 1. The van der Waals surface area contributed by atoms with Crippen molar-refractivity contribution in [2.75, 3.05) is 5.32 Å². The van der Waals surface area contributed by atoms with Crippen LogP contribution in [-0.2, 0) is 0 Å². The maximum Gasteiger partial charge on any atom is 0.150 e. The predicted molar refractivity (Wildman–Crippen MR) is 73.2 cm³/mol. The zero-order chi connectivity index (χ0) is 13.1. The Bertz CT molecular complexity index is 609. The first kappa shape index (κ1) is 12.4. The van der Waals surface area contributed by atoms with Gasteiger partial charge < -0.3 is 5.32 Å². The molecule has 0 fully saturated rings. The SMILES string of the molecule is Cc1cc(C)cc(Nc2nccc(C#N)c2Cl)c1. The van der Waals surface area contributed by atoms with Gasteiger partial charge >= 0.3 is 0 Å². The first-order valence-corrected chi connectivity index (χ1v) is 5.88. The van der Waals surface area contributed by atoms with E-state index in [1.54, 1.807) is 12.3 Å². The maximum atomic E-state index is 8.91. The molecule has 1 heterocycles. The first-order chi connectivity index (χ1) is 8.60. The van der Waals surface area contributed by atoms with E-state index < -0.39 is 0 Å². The number of aryl methyl sites for hydroxylation is 2. The van der Waals surface area contributed by atoms with Gasteiger partial charge in [0.05, 0.1) is 5.56 Å². The lowest BCUT2D eigenvalue weighted by molar-refractivity contribution is 1.28. The number of hydrogen-bond acceptors (Lipinski definition) is 3. The van der Waals surface area contributed by atoms with Crippen LogP contribution in [-0.4, -0.2) is 4.98 Å². The maximum absolute atomic E-state index is 8.91. The van der Waals surface area contributed by atoms with Gasteiger partial charge in [0.15, 0.2) is 5.82 Å². The number of nitriles is 1. The quantitative estimate of drug-likeness (QED) is 0.886. The summed E-state index contributed by atoms with van der Waals surface area (Å²) in [6.07, 6.45) is 1.56. The Labute approximate surface area is 111 Å². The molecule has 0 saturated heterocycles. The molecule has 18 heavy (non-hydrogen) atoms. The molecule has 0 bridgehead atoms. The van der Waals surface area contributed by atoms with Crippen LogP contribution in [0.3, 0.4) is 0 Å². The minimum Gasteiger partial charge on any atom is -0.339 e. The second-order valence-corrected chi connectivity index (χ2v) is 4.51. The molecule has 0 spiro atoms. The number of benzene rings is 1. The molecule has 1 N–H and O–H groups in total. The molecule has 0 saturated carbocycles. The summed E-state index contributed by atoms with van der Waals surface area (Å²) in [6, 6.07) is 9.72. The van der Waals surface area contributed by atoms with Crippen LogP contribution < -0.4 is 5.32 Å². The Kier molecular flexibility index (Phi) is 3.50. The molecule has 0 amide bonds. The third-order valence-electron chi connectivity index (χ3n) is 2.49. The summed E-state index contributed by atoms with van der Waals surface area (Å²) in [5.41, 5.74) is 3.64. The monoisotopic (exact) mass is 257 g/mol. The van der Waals surface area contributed by atoms with Crippen molar-refractivity contribution >= 4 is 23.1 Å². The van der Waals surface area contributed by atoms with Gasteiger partial charge in [-0.15, -0.1) is 0 Å². The average Bonchev–Trinajstić information content (AvgIpc) is 2.30. The topological polar surface area (TPSA) is 48.7 Å². The van der Waals surface area contributed by atoms with Crippen LogP contribution in [0.15, 0.2) is 30.5 Å². The van der Waals surface area contributed by atoms with Gasteiger partial charge in [-0.05, 0) is 43.2 Å². The van der Waals surface area contributed by atoms with Gasteiger partial charge in [-0.25, -0.2) is 4.98 Å². The number of pyridine rings is 1. The highest BCUT2D eigenvalue weighted by Crippen LogP contribution is 2.26. The Balaban J connectivity index is 2.37. The van der Waals surface area contributed by atoms with E-state index in [0.29, 0.717) is 16.4 Å². The van der Waals surface area contributed by atoms with E-state index in [0.717, 1.165) is 16.8 Å². The van der Waals surface area contributed by atoms with E-state index in [1.807, 2.05) is 32.0 Å². The van der Waals surface area contributed by atoms with E-state index in [2.05, 4.69) is 16.4 Å². The van der Waals surface area contributed by atoms with Crippen molar-refractivity contribution < 1.29 is 0 Å². The molecule has 0 atom stereocenters. The average molecular weight is 258 g/mol. The summed E-state index contributed by atoms with van der Waals surface area (Å²) in [6.45, 7) is 4.05. The number of nitrogens with one attached hydrogen (secondary N) is 1. The molecule has 0 aliphatic rings. The fourth-order valence-electron chi connectivity index (χ4n) is 1.80. The highest BCUT2D eigenvalue weighted by molar-refractivity contribution is 6.34. The second-order valence-electron chi connectivity index (χ2n) is 4.13. The van der Waals surface area contributed by atoms with Crippen molar-refractivity contribution in [1.29, 1.82) is 5.26 Å². The smallest absolute Gasteiger partial charge is 0.150 e. The minimum atomic E-state index is 0.346. The summed E-state index contributed by atoms with van der Waals surface area (Å²) in [7, 11) is 0. The van der Waals surface area contributed by atoms with Crippen molar-refractivity contribution in [2.45, 2.75) is 13.8 Å². The van der Waals surface area contributed by atoms with Crippen LogP contribution in [0.25, 0.3) is 0 Å². The second kappa shape index (κ2) is 5.07. The fourth-order valence-corrected chi connectivity index (χ4v) is 2.00. The molecule has 0 unspecified atom stereocenters. The van der Waals surface area contributed by atoms with Crippen LogP contribution in [0.4, 0.5) is 11.5 Å². The van der Waals surface area contributed by atoms with E-state index in [9.17, 15) is 0 Å². The van der Waals surface area contributed by atoms with Crippen molar-refractivity contribution in [1.82, 2.24) is 4.98 Å². The number of nitrogens with zero attached hydrogens (tertiary/aromatic N) is 2. The van der Waals surface area contributed by atoms with Crippen LogP contribution in [0, 0.1) is 25.2 Å². The highest BCUT2D eigenvalue weighted by atomic mass is 35.5. The third-order valence-corrected chi connectivity index (χ3v) is 2.88. The van der Waals surface area contributed by atoms with E-state index in [-0.39, 0.29) is 0 Å². The van der Waals surface area contributed by atoms with Gasteiger partial charge in [0.25, 0.3) is 0 Å². The molecule has 2 aromatic rings. The van der Waals surface area contributed by atoms with Crippen LogP contribution in [0.5, 0.6) is 0 Å². The first-order valence-electron chi connectivity index (χ1n) is 5.50. The Morgan fingerprint density at radius 1 is 1.22 bits per heavy atom. The standard InChI is InChI=1S/C14H12ClN3/c1-9-5-10(2)7-12(6-9)18-14-13(15)11(8-16)3-4-17-14/h3-7H,1-2H3,(H,17,18). The molecule has 90 valence electrons. The Morgan fingerprint density at radius 2 is 1.89 bits per heavy atom. The van der Waals surface area contributed by atoms with E-state index in [1.165, 1.54) is 0 Å². The summed E-state index contributed by atoms with van der Waals surface area (Å²) in [4.78, 5) is 4.15. The number of rotatable bonds is 2. The zero-order valence-electron chi connectivity index (χ0n) is 10.2. The van der Waals surface area contributed by atoms with Crippen molar-refractivity contribution in [2.24, 2.45) is 0 Å². The summed E-state index contributed by atoms with van der Waals surface area (Å²) in [5, 5.41) is 12.4. The van der Waals surface area contributed by atoms with Gasteiger partial charge in [0.1, 0.15) is 11.1 Å². The molecule has 1 aromatic carbocycles. The van der Waals surface area contributed by atoms with Crippen molar-refractivity contribution in [3.63, 3.8) is 0 Å². The Hall–Kier alpha value is -2.05. The number of anilines is 2. The van der Waals surface area contributed by atoms with Gasteiger partial charge in [-0.1, -0.05) is 17.7 Å². The van der Waals surface area contributed by atoms with Crippen LogP contribution in [0.2, 0.25) is 5.02 Å². The van der Waals surface area contributed by atoms with E-state index in [4.69, 9.17) is 16.9 Å². The lowest BCUT2D eigenvalue weighted by Gasteiger charge is -2.09. The number of halogens is 1. The largest absolute Gasteiger partial charge is 0.339 e. The predicted octanol–water partition coefficient (Wildman–Crippen LogP) is 3.97. The zero-order valence-corrected chi connectivity index (χ0v) is 10.9. The highest BCUT2D eigenvalue weighted by Gasteiger charge is 2.07. The van der Waals surface area contributed by atoms with Crippen LogP contribution in [0.1, 0.15) is 16.7 Å². The molecule has 4 heteroatoms. The third kappa shape index (κ3) is 2.61. The molecule has 0 aliphatic heterocycles. The summed E-state index contributed by atoms with van der Waals surface area (Å²) < 4.78 is 0. The number of hydrogen-bond donors (Lipinski definition) is 1. The molecular weight excluding hydrogens is 246 g/mol. The van der Waals surface area contributed by atoms with Gasteiger partial charge in [0.2, 0.25) is 0 Å². The minimum absolute atomic E-state index is 0.346. The molecule has 0 radical (unpaired) electrons. The lowest BCUT2D eigenvalue weighted by atomic mass is 10.1. The molecular formula is C14H12ClN3. The lowest BCUT2D eigenvalue weighted by Crippen LogP contribution is -1.96. The van der Waals surface area contributed by atoms with Gasteiger partial charge in [0, 0.05) is 11.9 Å². The molecule has 0 aliphatic carbocycles. The van der Waals surface area contributed by atoms with Crippen molar-refractivity contribution in [3.05, 3.63) is 52.2 Å². The Morgan fingerprint density at radius 3 is 2.50 bits per heavy atom. The van der Waals surface area contributed by atoms with E-state index >= 15 is 0 Å². The molecule has 1 aromatic heterocycles. The summed E-state index contributed by atoms with van der Waals surface area (Å²) >= 11 is 6.09. The molecule has 3 nitrogen and oxygen atoms in total. The normalized spacial score (nSPS) is 9.89. The summed E-state index contributed by atoms with van der Waals surface area (Å²) in [5.74, 6) is 0.501. The van der Waals surface area contributed by atoms with Crippen LogP contribution >= 0.6 is 11.6 Å². The fraction of sp³-hybridized carbons (Fsp3) is 0.143. The van der Waals surface area contributed by atoms with Crippen molar-refractivity contribution in [3.8, 4) is 6.07 Å². The van der Waals surface area contributed by atoms with Gasteiger partial charge in [-0.3, -0.25) is 0 Å².